The number of carbonyl (C=O) groups excluding carboxylic acids is 2. The Labute approximate surface area is 191 Å². The maximum Gasteiger partial charge on any atom is 0.317 e. The SMILES string of the molecule is Cc1nn(-c2ccccc2)c2sc(C(=O)NC3CCC(NC(=O)N(C)CCO)CC3)cc12. The van der Waals surface area contributed by atoms with Gasteiger partial charge in [-0.15, -0.1) is 11.3 Å². The van der Waals surface area contributed by atoms with Crippen LogP contribution in [0.4, 0.5) is 4.79 Å². The first-order valence-electron chi connectivity index (χ1n) is 10.9. The highest BCUT2D eigenvalue weighted by atomic mass is 32.1. The number of thiophene rings is 1. The summed E-state index contributed by atoms with van der Waals surface area (Å²) in [6, 6.07) is 11.9. The van der Waals surface area contributed by atoms with Crippen LogP contribution >= 0.6 is 11.3 Å². The normalized spacial score (nSPS) is 18.5. The molecule has 4 rings (SSSR count). The van der Waals surface area contributed by atoms with Gasteiger partial charge in [0.05, 0.1) is 22.9 Å². The Morgan fingerprint density at radius 1 is 1.16 bits per heavy atom. The number of urea groups is 1. The Balaban J connectivity index is 1.36. The molecule has 2 aromatic heterocycles. The molecule has 3 aromatic rings. The van der Waals surface area contributed by atoms with Gasteiger partial charge >= 0.3 is 6.03 Å². The summed E-state index contributed by atoms with van der Waals surface area (Å²) in [5.74, 6) is -0.0552. The molecule has 0 bridgehead atoms. The summed E-state index contributed by atoms with van der Waals surface area (Å²) in [7, 11) is 1.67. The van der Waals surface area contributed by atoms with E-state index < -0.39 is 0 Å². The summed E-state index contributed by atoms with van der Waals surface area (Å²) in [5.41, 5.74) is 1.88. The fourth-order valence-corrected chi connectivity index (χ4v) is 5.16. The molecule has 32 heavy (non-hydrogen) atoms. The molecule has 1 aliphatic rings. The summed E-state index contributed by atoms with van der Waals surface area (Å²) in [4.78, 5) is 28.2. The van der Waals surface area contributed by atoms with Crippen LogP contribution in [0.1, 0.15) is 41.0 Å². The fourth-order valence-electron chi connectivity index (χ4n) is 4.08. The number of hydrogen-bond donors (Lipinski definition) is 3. The van der Waals surface area contributed by atoms with Crippen LogP contribution in [0.3, 0.4) is 0 Å². The average molecular weight is 456 g/mol. The van der Waals surface area contributed by atoms with Crippen LogP contribution in [-0.2, 0) is 0 Å². The summed E-state index contributed by atoms with van der Waals surface area (Å²) in [5, 5.41) is 20.8. The van der Waals surface area contributed by atoms with Gasteiger partial charge in [-0.1, -0.05) is 18.2 Å². The third kappa shape index (κ3) is 4.78. The quantitative estimate of drug-likeness (QED) is 0.532. The van der Waals surface area contributed by atoms with Gasteiger partial charge in [-0.05, 0) is 50.8 Å². The van der Waals surface area contributed by atoms with Crippen molar-refractivity contribution in [3.05, 3.63) is 47.0 Å². The Bertz CT molecular complexity index is 1090. The van der Waals surface area contributed by atoms with E-state index in [4.69, 9.17) is 5.11 Å². The van der Waals surface area contributed by atoms with Crippen LogP contribution in [0.25, 0.3) is 15.9 Å². The zero-order valence-corrected chi connectivity index (χ0v) is 19.2. The minimum Gasteiger partial charge on any atom is -0.395 e. The van der Waals surface area contributed by atoms with Crippen LogP contribution in [0.5, 0.6) is 0 Å². The summed E-state index contributed by atoms with van der Waals surface area (Å²) >= 11 is 1.46. The molecule has 0 atom stereocenters. The molecule has 9 heteroatoms. The van der Waals surface area contributed by atoms with Crippen LogP contribution in [0.15, 0.2) is 36.4 Å². The number of carbonyl (C=O) groups is 2. The lowest BCUT2D eigenvalue weighted by molar-refractivity contribution is 0.0928. The Kier molecular flexibility index (Phi) is 6.76. The molecule has 0 spiro atoms. The van der Waals surface area contributed by atoms with E-state index in [-0.39, 0.29) is 30.6 Å². The van der Waals surface area contributed by atoms with Gasteiger partial charge in [0, 0.05) is 31.1 Å². The van der Waals surface area contributed by atoms with E-state index in [9.17, 15) is 9.59 Å². The van der Waals surface area contributed by atoms with Gasteiger partial charge in [-0.2, -0.15) is 5.10 Å². The number of nitrogens with one attached hydrogen (secondary N) is 2. The van der Waals surface area contributed by atoms with Crippen molar-refractivity contribution in [1.82, 2.24) is 25.3 Å². The van der Waals surface area contributed by atoms with E-state index in [0.717, 1.165) is 47.3 Å². The zero-order chi connectivity index (χ0) is 22.7. The van der Waals surface area contributed by atoms with Crippen LogP contribution in [0, 0.1) is 6.92 Å². The highest BCUT2D eigenvalue weighted by Crippen LogP contribution is 2.30. The predicted octanol–water partition coefficient (Wildman–Crippen LogP) is 3.07. The molecule has 8 nitrogen and oxygen atoms in total. The summed E-state index contributed by atoms with van der Waals surface area (Å²) in [6.07, 6.45) is 3.28. The lowest BCUT2D eigenvalue weighted by Gasteiger charge is -2.30. The van der Waals surface area contributed by atoms with Gasteiger partial charge < -0.3 is 20.6 Å². The number of aryl methyl sites for hydroxylation is 1. The number of benzene rings is 1. The van der Waals surface area contributed by atoms with Crippen LogP contribution in [0.2, 0.25) is 0 Å². The first-order chi connectivity index (χ1) is 15.5. The van der Waals surface area contributed by atoms with Crippen molar-refractivity contribution >= 4 is 33.5 Å². The number of aromatic nitrogens is 2. The third-order valence-electron chi connectivity index (χ3n) is 5.94. The van der Waals surface area contributed by atoms with Crippen molar-refractivity contribution in [1.29, 1.82) is 0 Å². The van der Waals surface area contributed by atoms with E-state index in [0.29, 0.717) is 11.4 Å². The minimum atomic E-state index is -0.167. The van der Waals surface area contributed by atoms with Gasteiger partial charge in [0.2, 0.25) is 0 Å². The lowest BCUT2D eigenvalue weighted by Crippen LogP contribution is -2.47. The Hall–Kier alpha value is -2.91. The molecule has 3 N–H and O–H groups in total. The van der Waals surface area contributed by atoms with Crippen molar-refractivity contribution in [2.45, 2.75) is 44.7 Å². The monoisotopic (exact) mass is 455 g/mol. The number of rotatable bonds is 6. The number of para-hydroxylation sites is 1. The summed E-state index contributed by atoms with van der Waals surface area (Å²) in [6.45, 7) is 2.22. The maximum atomic E-state index is 12.9. The second kappa shape index (κ2) is 9.70. The van der Waals surface area contributed by atoms with E-state index in [1.807, 2.05) is 48.0 Å². The van der Waals surface area contributed by atoms with E-state index in [2.05, 4.69) is 15.7 Å². The fraction of sp³-hybridized carbons (Fsp3) is 0.435. The van der Waals surface area contributed by atoms with Crippen molar-refractivity contribution in [2.24, 2.45) is 0 Å². The number of aliphatic hydroxyl groups excluding tert-OH is 1. The highest BCUT2D eigenvalue weighted by molar-refractivity contribution is 7.20. The number of aliphatic hydroxyl groups is 1. The molecular weight excluding hydrogens is 426 g/mol. The Morgan fingerprint density at radius 2 is 1.81 bits per heavy atom. The second-order valence-electron chi connectivity index (χ2n) is 8.28. The first kappa shape index (κ1) is 22.3. The van der Waals surface area contributed by atoms with Gasteiger partial charge in [0.25, 0.3) is 5.91 Å². The largest absolute Gasteiger partial charge is 0.395 e. The predicted molar refractivity (Wildman–Crippen MR) is 125 cm³/mol. The first-order valence-corrected chi connectivity index (χ1v) is 11.8. The summed E-state index contributed by atoms with van der Waals surface area (Å²) < 4.78 is 1.90. The third-order valence-corrected chi connectivity index (χ3v) is 7.05. The molecule has 2 heterocycles. The van der Waals surface area contributed by atoms with Gasteiger partial charge in [-0.25, -0.2) is 9.48 Å². The molecular formula is C23H29N5O3S. The smallest absolute Gasteiger partial charge is 0.317 e. The van der Waals surface area contributed by atoms with Crippen molar-refractivity contribution in [3.8, 4) is 5.69 Å². The molecule has 1 saturated carbocycles. The number of fused-ring (bicyclic) bond motifs is 1. The van der Waals surface area contributed by atoms with E-state index in [1.54, 1.807) is 7.05 Å². The maximum absolute atomic E-state index is 12.9. The van der Waals surface area contributed by atoms with E-state index in [1.165, 1.54) is 16.2 Å². The molecule has 1 fully saturated rings. The zero-order valence-electron chi connectivity index (χ0n) is 18.4. The molecule has 170 valence electrons. The Morgan fingerprint density at radius 3 is 2.47 bits per heavy atom. The highest BCUT2D eigenvalue weighted by Gasteiger charge is 2.25. The lowest BCUT2D eigenvalue weighted by atomic mass is 9.91. The van der Waals surface area contributed by atoms with Crippen molar-refractivity contribution in [2.75, 3.05) is 20.2 Å². The number of hydrogen-bond acceptors (Lipinski definition) is 5. The van der Waals surface area contributed by atoms with Crippen molar-refractivity contribution in [3.63, 3.8) is 0 Å². The molecule has 3 amide bonds. The molecule has 1 aliphatic carbocycles. The van der Waals surface area contributed by atoms with Crippen LogP contribution in [-0.4, -0.2) is 64.0 Å². The molecule has 0 radical (unpaired) electrons. The standard InChI is InChI=1S/C23H29N5O3S/c1-15-19-14-20(32-22(19)28(26-15)18-6-4-3-5-7-18)21(30)24-16-8-10-17(11-9-16)25-23(31)27(2)12-13-29/h3-7,14,16-17,29H,8-13H2,1-2H3,(H,24,30)(H,25,31). The van der Waals surface area contributed by atoms with Gasteiger partial charge in [0.15, 0.2) is 0 Å². The minimum absolute atomic E-state index is 0.0523. The molecule has 0 aliphatic heterocycles. The topological polar surface area (TPSA) is 99.5 Å². The molecule has 0 unspecified atom stereocenters. The van der Waals surface area contributed by atoms with Gasteiger partial charge in [-0.3, -0.25) is 4.79 Å². The average Bonchev–Trinajstić information content (AvgIpc) is 3.36. The second-order valence-corrected chi connectivity index (χ2v) is 9.31. The van der Waals surface area contributed by atoms with E-state index >= 15 is 0 Å². The van der Waals surface area contributed by atoms with Gasteiger partial charge in [0.1, 0.15) is 4.83 Å². The van der Waals surface area contributed by atoms with Crippen LogP contribution < -0.4 is 10.6 Å². The molecule has 0 saturated heterocycles. The number of nitrogens with zero attached hydrogens (tertiary/aromatic N) is 3. The number of amides is 3. The molecule has 1 aromatic carbocycles. The van der Waals surface area contributed by atoms with Crippen molar-refractivity contribution < 1.29 is 14.7 Å². The number of likely N-dealkylation sites (N-methyl/N-ethyl adjacent to an activating group) is 1.